The van der Waals surface area contributed by atoms with E-state index in [4.69, 9.17) is 4.74 Å². The van der Waals surface area contributed by atoms with Gasteiger partial charge in [-0.05, 0) is 38.0 Å². The number of anilines is 2. The Morgan fingerprint density at radius 3 is 2.42 bits per heavy atom. The third-order valence-electron chi connectivity index (χ3n) is 4.60. The van der Waals surface area contributed by atoms with Gasteiger partial charge < -0.3 is 10.1 Å². The lowest BCUT2D eigenvalue weighted by Gasteiger charge is -2.17. The highest BCUT2D eigenvalue weighted by molar-refractivity contribution is 6.22. The zero-order valence-corrected chi connectivity index (χ0v) is 13.7. The van der Waals surface area contributed by atoms with Gasteiger partial charge >= 0.3 is 0 Å². The molecule has 1 fully saturated rings. The summed E-state index contributed by atoms with van der Waals surface area (Å²) in [6.07, 6.45) is 4.54. The van der Waals surface area contributed by atoms with Crippen LogP contribution in [0.15, 0.2) is 36.4 Å². The zero-order chi connectivity index (χ0) is 17.3. The highest BCUT2D eigenvalue weighted by atomic mass is 16.5. The summed E-state index contributed by atoms with van der Waals surface area (Å²) in [6.45, 7) is 1.64. The number of amides is 3. The molecule has 24 heavy (non-hydrogen) atoms. The number of hydrogen-bond donors (Lipinski definition) is 1. The van der Waals surface area contributed by atoms with E-state index in [-0.39, 0.29) is 29.6 Å². The Balaban J connectivity index is 1.83. The zero-order valence-electron chi connectivity index (χ0n) is 13.7. The number of allylic oxidation sites excluding steroid dienone is 2. The molecule has 0 aromatic heterocycles. The van der Waals surface area contributed by atoms with Crippen molar-refractivity contribution in [2.24, 2.45) is 11.8 Å². The summed E-state index contributed by atoms with van der Waals surface area (Å²) >= 11 is 0. The van der Waals surface area contributed by atoms with Gasteiger partial charge in [-0.1, -0.05) is 18.2 Å². The van der Waals surface area contributed by atoms with E-state index in [9.17, 15) is 14.4 Å². The first-order chi connectivity index (χ1) is 11.5. The molecular formula is C18H20N2O4. The molecule has 0 saturated carbocycles. The molecule has 1 aliphatic heterocycles. The summed E-state index contributed by atoms with van der Waals surface area (Å²) in [6, 6.07) is 6.77. The number of nitrogens with one attached hydrogen (secondary N) is 1. The molecule has 3 rings (SSSR count). The van der Waals surface area contributed by atoms with Crippen molar-refractivity contribution in [2.75, 3.05) is 17.3 Å². The molecule has 6 nitrogen and oxygen atoms in total. The number of nitrogens with zero attached hydrogens (tertiary/aromatic N) is 1. The normalized spacial score (nSPS) is 24.0. The smallest absolute Gasteiger partial charge is 0.253 e. The van der Waals surface area contributed by atoms with E-state index < -0.39 is 6.10 Å². The summed E-state index contributed by atoms with van der Waals surface area (Å²) in [5.41, 5.74) is 1.01. The molecule has 0 unspecified atom stereocenters. The highest BCUT2D eigenvalue weighted by Crippen LogP contribution is 2.38. The molecule has 6 heteroatoms. The molecular weight excluding hydrogens is 308 g/mol. The fourth-order valence-electron chi connectivity index (χ4n) is 3.13. The average molecular weight is 328 g/mol. The summed E-state index contributed by atoms with van der Waals surface area (Å²) in [7, 11) is 1.46. The number of carbonyl (C=O) groups is 3. The van der Waals surface area contributed by atoms with Gasteiger partial charge in [0, 0.05) is 12.8 Å². The van der Waals surface area contributed by atoms with Crippen LogP contribution in [-0.4, -0.2) is 30.9 Å². The Morgan fingerprint density at radius 2 is 1.83 bits per heavy atom. The number of carbonyl (C=O) groups excluding carboxylic acids is 3. The molecule has 1 aromatic carbocycles. The van der Waals surface area contributed by atoms with Gasteiger partial charge in [0.25, 0.3) is 5.91 Å². The summed E-state index contributed by atoms with van der Waals surface area (Å²) < 4.78 is 4.97. The molecule has 0 spiro atoms. The first kappa shape index (κ1) is 16.4. The maximum absolute atomic E-state index is 12.6. The van der Waals surface area contributed by atoms with Crippen molar-refractivity contribution < 1.29 is 19.1 Å². The van der Waals surface area contributed by atoms with Crippen LogP contribution >= 0.6 is 0 Å². The van der Waals surface area contributed by atoms with Crippen LogP contribution in [0.5, 0.6) is 0 Å². The Labute approximate surface area is 140 Å². The van der Waals surface area contributed by atoms with Crippen molar-refractivity contribution in [3.8, 4) is 0 Å². The van der Waals surface area contributed by atoms with E-state index >= 15 is 0 Å². The number of hydrogen-bond acceptors (Lipinski definition) is 4. The van der Waals surface area contributed by atoms with Crippen LogP contribution < -0.4 is 10.2 Å². The van der Waals surface area contributed by atoms with Crippen molar-refractivity contribution >= 4 is 29.1 Å². The summed E-state index contributed by atoms with van der Waals surface area (Å²) in [5, 5.41) is 2.72. The number of methoxy groups -OCH3 is 1. The van der Waals surface area contributed by atoms with Crippen LogP contribution in [-0.2, 0) is 19.1 Å². The molecule has 1 saturated heterocycles. The molecule has 2 aliphatic rings. The predicted octanol–water partition coefficient (Wildman–Crippen LogP) is 2.12. The molecule has 3 atom stereocenters. The molecule has 3 amide bonds. The van der Waals surface area contributed by atoms with Gasteiger partial charge in [-0.2, -0.15) is 0 Å². The maximum atomic E-state index is 12.6. The number of fused-ring (bicyclic) bond motifs is 1. The topological polar surface area (TPSA) is 75.7 Å². The first-order valence-electron chi connectivity index (χ1n) is 7.99. The third kappa shape index (κ3) is 2.85. The van der Waals surface area contributed by atoms with Gasteiger partial charge in [-0.15, -0.1) is 0 Å². The van der Waals surface area contributed by atoms with Crippen molar-refractivity contribution in [3.05, 3.63) is 36.4 Å². The maximum Gasteiger partial charge on any atom is 0.253 e. The van der Waals surface area contributed by atoms with Crippen LogP contribution in [0.3, 0.4) is 0 Å². The standard InChI is InChI=1S/C18H20N2O4/c1-11(24-2)16(21)19-12-6-5-7-13(10-12)20-17(22)14-8-3-4-9-15(14)18(20)23/h3-7,10-11,14-15H,8-9H2,1-2H3,(H,19,21)/t11-,14-,15+/m1/s1. The Hall–Kier alpha value is -2.47. The second kappa shape index (κ2) is 6.57. The lowest BCUT2D eigenvalue weighted by atomic mass is 9.85. The molecule has 126 valence electrons. The number of rotatable bonds is 4. The minimum atomic E-state index is -0.586. The van der Waals surface area contributed by atoms with Crippen molar-refractivity contribution in [3.63, 3.8) is 0 Å². The van der Waals surface area contributed by atoms with Gasteiger partial charge in [0.2, 0.25) is 11.8 Å². The van der Waals surface area contributed by atoms with Gasteiger partial charge in [-0.3, -0.25) is 14.4 Å². The fourth-order valence-corrected chi connectivity index (χ4v) is 3.13. The largest absolute Gasteiger partial charge is 0.372 e. The van der Waals surface area contributed by atoms with Crippen LogP contribution in [0, 0.1) is 11.8 Å². The lowest BCUT2D eigenvalue weighted by Crippen LogP contribution is -2.31. The number of benzene rings is 1. The molecule has 1 N–H and O–H groups in total. The molecule has 1 aromatic rings. The highest BCUT2D eigenvalue weighted by Gasteiger charge is 2.47. The van der Waals surface area contributed by atoms with Gasteiger partial charge in [0.15, 0.2) is 0 Å². The minimum absolute atomic E-state index is 0.164. The van der Waals surface area contributed by atoms with Crippen LogP contribution in [0.1, 0.15) is 19.8 Å². The fraction of sp³-hybridized carbons (Fsp3) is 0.389. The second-order valence-electron chi connectivity index (χ2n) is 6.09. The van der Waals surface area contributed by atoms with E-state index in [0.29, 0.717) is 24.2 Å². The van der Waals surface area contributed by atoms with E-state index in [1.54, 1.807) is 31.2 Å². The molecule has 0 radical (unpaired) electrons. The third-order valence-corrected chi connectivity index (χ3v) is 4.60. The Kier molecular flexibility index (Phi) is 4.49. The van der Waals surface area contributed by atoms with E-state index in [1.807, 2.05) is 12.2 Å². The first-order valence-corrected chi connectivity index (χ1v) is 7.99. The summed E-state index contributed by atoms with van der Waals surface area (Å²) in [4.78, 5) is 38.4. The predicted molar refractivity (Wildman–Crippen MR) is 89.4 cm³/mol. The van der Waals surface area contributed by atoms with Crippen molar-refractivity contribution in [1.82, 2.24) is 0 Å². The van der Waals surface area contributed by atoms with Crippen molar-refractivity contribution in [2.45, 2.75) is 25.9 Å². The Bertz CT molecular complexity index is 687. The van der Waals surface area contributed by atoms with Crippen LogP contribution in [0.4, 0.5) is 11.4 Å². The minimum Gasteiger partial charge on any atom is -0.372 e. The van der Waals surface area contributed by atoms with E-state index in [1.165, 1.54) is 12.0 Å². The van der Waals surface area contributed by atoms with E-state index in [0.717, 1.165) is 0 Å². The SMILES string of the molecule is CO[C@H](C)C(=O)Nc1cccc(N2C(=O)[C@H]3CC=CC[C@H]3C2=O)c1. The van der Waals surface area contributed by atoms with Gasteiger partial charge in [0.05, 0.1) is 17.5 Å². The number of imide groups is 1. The lowest BCUT2D eigenvalue weighted by molar-refractivity contribution is -0.125. The van der Waals surface area contributed by atoms with Crippen molar-refractivity contribution in [1.29, 1.82) is 0 Å². The molecule has 1 heterocycles. The average Bonchev–Trinajstić information content (AvgIpc) is 2.86. The monoisotopic (exact) mass is 328 g/mol. The van der Waals surface area contributed by atoms with Crippen LogP contribution in [0.25, 0.3) is 0 Å². The van der Waals surface area contributed by atoms with Crippen LogP contribution in [0.2, 0.25) is 0 Å². The van der Waals surface area contributed by atoms with Gasteiger partial charge in [0.1, 0.15) is 6.10 Å². The Morgan fingerprint density at radius 1 is 1.21 bits per heavy atom. The van der Waals surface area contributed by atoms with E-state index in [2.05, 4.69) is 5.32 Å². The summed E-state index contributed by atoms with van der Waals surface area (Å²) in [5.74, 6) is -1.15. The number of ether oxygens (including phenoxy) is 1. The van der Waals surface area contributed by atoms with Gasteiger partial charge in [-0.25, -0.2) is 4.90 Å². The quantitative estimate of drug-likeness (QED) is 0.678. The second-order valence-corrected chi connectivity index (χ2v) is 6.09. The molecule has 0 bridgehead atoms. The molecule has 1 aliphatic carbocycles.